The summed E-state index contributed by atoms with van der Waals surface area (Å²) in [5.41, 5.74) is -0.322. The van der Waals surface area contributed by atoms with E-state index in [-0.39, 0.29) is 11.6 Å². The molecule has 0 unspecified atom stereocenters. The fourth-order valence-electron chi connectivity index (χ4n) is 3.66. The lowest BCUT2D eigenvalue weighted by molar-refractivity contribution is -0.0583. The Morgan fingerprint density at radius 1 is 0.944 bits per heavy atom. The van der Waals surface area contributed by atoms with Gasteiger partial charge in [-0.25, -0.2) is 9.97 Å². The van der Waals surface area contributed by atoms with Crippen LogP contribution in [-0.4, -0.2) is 58.8 Å². The van der Waals surface area contributed by atoms with Gasteiger partial charge in [0.15, 0.2) is 0 Å². The number of anilines is 2. The normalized spacial score (nSPS) is 14.5. The molecule has 2 N–H and O–H groups in total. The lowest BCUT2D eigenvalue weighted by atomic mass is 10.1. The maximum Gasteiger partial charge on any atom is 0.432 e. The largest absolute Gasteiger partial charge is 0.432 e. The highest BCUT2D eigenvalue weighted by molar-refractivity contribution is 6.33. The number of para-hydroxylation sites is 1. The summed E-state index contributed by atoms with van der Waals surface area (Å²) >= 11 is 6.16. The lowest BCUT2D eigenvalue weighted by Gasteiger charge is -2.34. The van der Waals surface area contributed by atoms with Crippen molar-refractivity contribution in [2.75, 3.05) is 36.4 Å². The summed E-state index contributed by atoms with van der Waals surface area (Å²) in [4.78, 5) is 25.2. The molecule has 0 saturated carbocycles. The fourth-order valence-corrected chi connectivity index (χ4v) is 3.85. The van der Waals surface area contributed by atoms with Gasteiger partial charge in [0, 0.05) is 49.8 Å². The molecule has 1 aromatic heterocycles. The molecule has 0 radical (unpaired) electrons. The number of amides is 1. The van der Waals surface area contributed by atoms with E-state index >= 15 is 0 Å². The Hall–Kier alpha value is -3.92. The van der Waals surface area contributed by atoms with Crippen molar-refractivity contribution in [2.24, 2.45) is 0 Å². The van der Waals surface area contributed by atoms with Crippen LogP contribution in [0.3, 0.4) is 0 Å². The summed E-state index contributed by atoms with van der Waals surface area (Å²) in [6.45, 7) is 2.14. The molecule has 36 heavy (non-hydrogen) atoms. The molecule has 7 nitrogen and oxygen atoms in total. The summed E-state index contributed by atoms with van der Waals surface area (Å²) < 4.78 is 39.2. The molecule has 0 bridgehead atoms. The zero-order chi connectivity index (χ0) is 25.7. The van der Waals surface area contributed by atoms with Crippen molar-refractivity contribution in [3.63, 3.8) is 0 Å². The monoisotopic (exact) mass is 514 g/mol. The maximum atomic E-state index is 13.1. The minimum atomic E-state index is -4.81. The maximum absolute atomic E-state index is 13.1. The highest BCUT2D eigenvalue weighted by Gasteiger charge is 2.33. The summed E-state index contributed by atoms with van der Waals surface area (Å²) in [6, 6.07) is 14.5. The number of carbonyl (C=O) groups is 1. The number of hydrogen-bond acceptors (Lipinski definition) is 6. The van der Waals surface area contributed by atoms with Crippen LogP contribution >= 0.6 is 11.6 Å². The van der Waals surface area contributed by atoms with Gasteiger partial charge in [-0.05, 0) is 42.0 Å². The second-order valence-corrected chi connectivity index (χ2v) is 8.39. The molecule has 3 aromatic rings. The Labute approximate surface area is 210 Å². The molecule has 2 aromatic carbocycles. The minimum absolute atomic E-state index is 0.0286. The van der Waals surface area contributed by atoms with Gasteiger partial charge in [0.05, 0.1) is 10.7 Å². The van der Waals surface area contributed by atoms with E-state index < -0.39 is 11.9 Å². The second kappa shape index (κ2) is 10.8. The standard InChI is InChI=1S/C25H22ClF3N6O/c26-19-4-1-2-5-20(19)33-21(16-22(30)25(27,28)29)17-6-8-18(9-7-17)23(36)34-12-14-35(15-13-34)24-31-10-3-11-32-24/h1-11,16,30,33H,12-15H2/b21-16-,30-22?. The number of alkyl halides is 3. The van der Waals surface area contributed by atoms with Crippen LogP contribution in [-0.2, 0) is 0 Å². The summed E-state index contributed by atoms with van der Waals surface area (Å²) in [6.07, 6.45) is -0.775. The number of rotatable bonds is 6. The molecule has 0 atom stereocenters. The number of benzene rings is 2. The zero-order valence-corrected chi connectivity index (χ0v) is 19.7. The van der Waals surface area contributed by atoms with Crippen molar-refractivity contribution in [3.05, 3.63) is 89.2 Å². The summed E-state index contributed by atoms with van der Waals surface area (Å²) in [5, 5.41) is 10.6. The van der Waals surface area contributed by atoms with Crippen LogP contribution in [0.1, 0.15) is 15.9 Å². The van der Waals surface area contributed by atoms with Gasteiger partial charge in [-0.3, -0.25) is 10.2 Å². The highest BCUT2D eigenvalue weighted by atomic mass is 35.5. The van der Waals surface area contributed by atoms with Gasteiger partial charge in [-0.15, -0.1) is 0 Å². The van der Waals surface area contributed by atoms with E-state index in [0.29, 0.717) is 60.0 Å². The van der Waals surface area contributed by atoms with Crippen molar-refractivity contribution >= 4 is 40.6 Å². The number of nitrogens with zero attached hydrogens (tertiary/aromatic N) is 4. The molecule has 1 saturated heterocycles. The first-order valence-electron chi connectivity index (χ1n) is 11.0. The number of aromatic nitrogens is 2. The average Bonchev–Trinajstić information content (AvgIpc) is 2.89. The SMILES string of the molecule is N=C(/C=C(\Nc1ccccc1Cl)c1ccc(C(=O)N2CCN(c3ncccn3)CC2)cc1)C(F)(F)F. The molecule has 1 fully saturated rings. The van der Waals surface area contributed by atoms with Crippen LogP contribution in [0, 0.1) is 5.41 Å². The molecular weight excluding hydrogens is 493 g/mol. The van der Waals surface area contributed by atoms with E-state index in [1.807, 2.05) is 4.90 Å². The first-order chi connectivity index (χ1) is 17.2. The second-order valence-electron chi connectivity index (χ2n) is 7.98. The summed E-state index contributed by atoms with van der Waals surface area (Å²) in [5.74, 6) is 0.437. The molecule has 0 aliphatic carbocycles. The predicted octanol–water partition coefficient (Wildman–Crippen LogP) is 5.13. The third kappa shape index (κ3) is 6.01. The van der Waals surface area contributed by atoms with E-state index in [1.165, 1.54) is 0 Å². The van der Waals surface area contributed by atoms with Crippen molar-refractivity contribution < 1.29 is 18.0 Å². The third-order valence-corrected chi connectivity index (χ3v) is 5.91. The molecule has 11 heteroatoms. The number of hydrogen-bond donors (Lipinski definition) is 2. The molecule has 1 aliphatic heterocycles. The van der Waals surface area contributed by atoms with Crippen LogP contribution in [0.5, 0.6) is 0 Å². The number of piperazine rings is 1. The molecule has 4 rings (SSSR count). The van der Waals surface area contributed by atoms with E-state index in [1.54, 1.807) is 71.9 Å². The third-order valence-electron chi connectivity index (χ3n) is 5.58. The molecule has 1 amide bonds. The van der Waals surface area contributed by atoms with Crippen molar-refractivity contribution in [1.82, 2.24) is 14.9 Å². The van der Waals surface area contributed by atoms with Gasteiger partial charge in [-0.2, -0.15) is 13.2 Å². The quantitative estimate of drug-likeness (QED) is 0.446. The van der Waals surface area contributed by atoms with Crippen LogP contribution in [0.25, 0.3) is 5.70 Å². The molecule has 186 valence electrons. The molecule has 1 aliphatic rings. The number of allylic oxidation sites excluding steroid dienone is 1. The van der Waals surface area contributed by atoms with Crippen molar-refractivity contribution in [1.29, 1.82) is 5.41 Å². The van der Waals surface area contributed by atoms with Crippen LogP contribution in [0.2, 0.25) is 5.02 Å². The van der Waals surface area contributed by atoms with Crippen molar-refractivity contribution in [3.8, 4) is 0 Å². The Bertz CT molecular complexity index is 1260. The molecular formula is C25H22ClF3N6O. The molecule has 0 spiro atoms. The Balaban J connectivity index is 1.50. The minimum Gasteiger partial charge on any atom is -0.354 e. The number of carbonyl (C=O) groups excluding carboxylic acids is 1. The van der Waals surface area contributed by atoms with Gasteiger partial charge in [-0.1, -0.05) is 35.9 Å². The van der Waals surface area contributed by atoms with Gasteiger partial charge in [0.2, 0.25) is 5.95 Å². The van der Waals surface area contributed by atoms with Crippen LogP contribution in [0.15, 0.2) is 73.1 Å². The van der Waals surface area contributed by atoms with Gasteiger partial charge in [0.25, 0.3) is 5.91 Å². The number of halogens is 4. The lowest BCUT2D eigenvalue weighted by Crippen LogP contribution is -2.49. The Morgan fingerprint density at radius 2 is 1.56 bits per heavy atom. The van der Waals surface area contributed by atoms with Gasteiger partial charge < -0.3 is 15.1 Å². The zero-order valence-electron chi connectivity index (χ0n) is 19.0. The predicted molar refractivity (Wildman–Crippen MR) is 133 cm³/mol. The van der Waals surface area contributed by atoms with Gasteiger partial charge in [0.1, 0.15) is 5.71 Å². The van der Waals surface area contributed by atoms with E-state index in [4.69, 9.17) is 17.0 Å². The smallest absolute Gasteiger partial charge is 0.354 e. The van der Waals surface area contributed by atoms with Crippen LogP contribution in [0.4, 0.5) is 24.8 Å². The van der Waals surface area contributed by atoms with Gasteiger partial charge >= 0.3 is 6.18 Å². The van der Waals surface area contributed by atoms with Crippen molar-refractivity contribution in [2.45, 2.75) is 6.18 Å². The summed E-state index contributed by atoms with van der Waals surface area (Å²) in [7, 11) is 0. The topological polar surface area (TPSA) is 85.2 Å². The Kier molecular flexibility index (Phi) is 7.54. The van der Waals surface area contributed by atoms with E-state index in [9.17, 15) is 18.0 Å². The van der Waals surface area contributed by atoms with E-state index in [2.05, 4.69) is 15.3 Å². The first kappa shape index (κ1) is 25.2. The van der Waals surface area contributed by atoms with E-state index in [0.717, 1.165) is 0 Å². The highest BCUT2D eigenvalue weighted by Crippen LogP contribution is 2.28. The Morgan fingerprint density at radius 3 is 2.17 bits per heavy atom. The number of nitrogens with one attached hydrogen (secondary N) is 2. The fraction of sp³-hybridized carbons (Fsp3) is 0.200. The average molecular weight is 515 g/mol. The van der Waals surface area contributed by atoms with Crippen LogP contribution < -0.4 is 10.2 Å². The first-order valence-corrected chi connectivity index (χ1v) is 11.4. The molecule has 2 heterocycles.